The molecule has 1 atom stereocenters. The molecule has 0 bridgehead atoms. The van der Waals surface area contributed by atoms with Crippen LogP contribution in [0.15, 0.2) is 36.7 Å². The van der Waals surface area contributed by atoms with Gasteiger partial charge in [-0.3, -0.25) is 14.4 Å². The molecule has 0 spiro atoms. The minimum atomic E-state index is -1.97. The molecule has 1 aromatic carbocycles. The van der Waals surface area contributed by atoms with Gasteiger partial charge in [0.1, 0.15) is 0 Å². The molecule has 208 valence electrons. The number of methoxy groups -OCH3 is 1. The van der Waals surface area contributed by atoms with Crippen molar-refractivity contribution in [3.05, 3.63) is 42.2 Å². The predicted molar refractivity (Wildman–Crippen MR) is 142 cm³/mol. The van der Waals surface area contributed by atoms with Crippen LogP contribution >= 0.6 is 0 Å². The third-order valence-corrected chi connectivity index (χ3v) is 11.1. The van der Waals surface area contributed by atoms with Gasteiger partial charge in [-0.15, -0.1) is 0 Å². The average Bonchev–Trinajstić information content (AvgIpc) is 3.40. The lowest BCUT2D eigenvalue weighted by atomic mass is 10.1. The zero-order valence-corrected chi connectivity index (χ0v) is 24.2. The number of carbonyl (C=O) groups excluding carboxylic acids is 4. The molecule has 12 heteroatoms. The largest absolute Gasteiger partial charge is 0.466 e. The lowest BCUT2D eigenvalue weighted by Gasteiger charge is -2.36. The molecule has 0 aliphatic heterocycles. The number of esters is 2. The summed E-state index contributed by atoms with van der Waals surface area (Å²) in [5, 5.41) is 8.31. The Morgan fingerprint density at radius 1 is 1.05 bits per heavy atom. The van der Waals surface area contributed by atoms with Crippen molar-refractivity contribution in [1.29, 1.82) is 0 Å². The number of rotatable bonds is 13. The van der Waals surface area contributed by atoms with Gasteiger partial charge in [0.15, 0.2) is 14.1 Å². The second-order valence-electron chi connectivity index (χ2n) is 10.3. The van der Waals surface area contributed by atoms with Gasteiger partial charge >= 0.3 is 11.9 Å². The van der Waals surface area contributed by atoms with Crippen LogP contribution < -0.4 is 0 Å². The Kier molecular flexibility index (Phi) is 10.9. The normalized spacial score (nSPS) is 12.5. The number of hydrogen-bond acceptors (Lipinski definition) is 9. The summed E-state index contributed by atoms with van der Waals surface area (Å²) < 4.78 is 15.8. The van der Waals surface area contributed by atoms with Crippen molar-refractivity contribution in [2.24, 2.45) is 0 Å². The fourth-order valence-electron chi connectivity index (χ4n) is 3.27. The molecular weight excluding hydrogens is 508 g/mol. The monoisotopic (exact) mass is 546 g/mol. The van der Waals surface area contributed by atoms with Gasteiger partial charge in [0.25, 0.3) is 12.0 Å². The van der Waals surface area contributed by atoms with Gasteiger partial charge in [-0.25, -0.2) is 4.79 Å². The van der Waals surface area contributed by atoms with Gasteiger partial charge in [0, 0.05) is 19.7 Å². The first-order chi connectivity index (χ1) is 17.8. The SMILES string of the molecule is COC(=O)C(OC(=O)CCN(CCCO[Si](C)(C)C(C)(C)C)C(=O)c1ccccc1-n1nccn1)C(C)=O. The molecule has 0 saturated carbocycles. The van der Waals surface area contributed by atoms with Gasteiger partial charge in [-0.2, -0.15) is 15.0 Å². The maximum absolute atomic E-state index is 13.7. The van der Waals surface area contributed by atoms with E-state index in [0.29, 0.717) is 30.8 Å². The van der Waals surface area contributed by atoms with E-state index in [0.717, 1.165) is 14.0 Å². The molecule has 0 N–H and O–H groups in total. The van der Waals surface area contributed by atoms with Crippen LogP contribution in [0.5, 0.6) is 0 Å². The maximum atomic E-state index is 13.7. The molecule has 0 aliphatic rings. The van der Waals surface area contributed by atoms with E-state index in [1.165, 1.54) is 22.1 Å². The highest BCUT2D eigenvalue weighted by Crippen LogP contribution is 2.36. The molecule has 11 nitrogen and oxygen atoms in total. The predicted octanol–water partition coefficient (Wildman–Crippen LogP) is 3.19. The number of para-hydroxylation sites is 1. The fourth-order valence-corrected chi connectivity index (χ4v) is 4.36. The van der Waals surface area contributed by atoms with Gasteiger partial charge < -0.3 is 18.8 Å². The number of Topliss-reactive ketones (excluding diaryl/α,β-unsaturated/α-hetero) is 1. The Hall–Kier alpha value is -3.38. The molecule has 1 aromatic heterocycles. The topological polar surface area (TPSA) is 130 Å². The summed E-state index contributed by atoms with van der Waals surface area (Å²) in [6.07, 6.45) is 1.71. The molecule has 2 rings (SSSR count). The minimum absolute atomic E-state index is 0.00439. The highest BCUT2D eigenvalue weighted by atomic mass is 28.4. The Morgan fingerprint density at radius 2 is 1.68 bits per heavy atom. The Balaban J connectivity index is 2.18. The van der Waals surface area contributed by atoms with Crippen molar-refractivity contribution in [3.63, 3.8) is 0 Å². The lowest BCUT2D eigenvalue weighted by molar-refractivity contribution is -0.169. The smallest absolute Gasteiger partial charge is 0.355 e. The third kappa shape index (κ3) is 8.32. The first-order valence-electron chi connectivity index (χ1n) is 12.4. The van der Waals surface area contributed by atoms with Crippen LogP contribution in [0.3, 0.4) is 0 Å². The number of ketones is 1. The summed E-state index contributed by atoms with van der Waals surface area (Å²) in [5.41, 5.74) is 0.855. The van der Waals surface area contributed by atoms with E-state index in [1.807, 2.05) is 0 Å². The molecular formula is C26H38N4O7Si. The van der Waals surface area contributed by atoms with E-state index < -0.39 is 32.1 Å². The van der Waals surface area contributed by atoms with Crippen molar-refractivity contribution in [2.75, 3.05) is 26.8 Å². The number of carbonyl (C=O) groups is 4. The zero-order chi connectivity index (χ0) is 28.5. The van der Waals surface area contributed by atoms with Gasteiger partial charge in [0.2, 0.25) is 0 Å². The van der Waals surface area contributed by atoms with Crippen LogP contribution in [0.4, 0.5) is 0 Å². The second kappa shape index (κ2) is 13.4. The molecule has 0 aliphatic carbocycles. The van der Waals surface area contributed by atoms with Crippen molar-refractivity contribution >= 4 is 31.9 Å². The van der Waals surface area contributed by atoms with Crippen molar-refractivity contribution in [1.82, 2.24) is 19.9 Å². The average molecular weight is 547 g/mol. The minimum Gasteiger partial charge on any atom is -0.466 e. The maximum Gasteiger partial charge on any atom is 0.355 e. The van der Waals surface area contributed by atoms with E-state index >= 15 is 0 Å². The van der Waals surface area contributed by atoms with Crippen LogP contribution in [0, 0.1) is 0 Å². The first kappa shape index (κ1) is 30.8. The summed E-state index contributed by atoms with van der Waals surface area (Å²) in [6.45, 7) is 12.7. The summed E-state index contributed by atoms with van der Waals surface area (Å²) >= 11 is 0. The number of hydrogen-bond donors (Lipinski definition) is 0. The van der Waals surface area contributed by atoms with Gasteiger partial charge in [0.05, 0.1) is 37.2 Å². The number of benzene rings is 1. The number of amides is 1. The zero-order valence-electron chi connectivity index (χ0n) is 23.2. The molecule has 1 unspecified atom stereocenters. The fraction of sp³-hybridized carbons (Fsp3) is 0.538. The van der Waals surface area contributed by atoms with Crippen molar-refractivity contribution in [3.8, 4) is 5.69 Å². The molecule has 0 radical (unpaired) electrons. The molecule has 2 aromatic rings. The summed E-state index contributed by atoms with van der Waals surface area (Å²) in [5.74, 6) is -2.73. The summed E-state index contributed by atoms with van der Waals surface area (Å²) in [6, 6.07) is 6.91. The molecule has 0 saturated heterocycles. The van der Waals surface area contributed by atoms with Crippen LogP contribution in [0.1, 0.15) is 50.9 Å². The van der Waals surface area contributed by atoms with E-state index in [2.05, 4.69) is 48.8 Å². The van der Waals surface area contributed by atoms with Crippen LogP contribution in [-0.4, -0.2) is 84.8 Å². The molecule has 0 fully saturated rings. The van der Waals surface area contributed by atoms with Crippen LogP contribution in [-0.2, 0) is 28.3 Å². The number of nitrogens with zero attached hydrogens (tertiary/aromatic N) is 4. The highest BCUT2D eigenvalue weighted by molar-refractivity contribution is 6.74. The van der Waals surface area contributed by atoms with Gasteiger partial charge in [-0.05, 0) is 43.6 Å². The second-order valence-corrected chi connectivity index (χ2v) is 15.2. The lowest BCUT2D eigenvalue weighted by Crippen LogP contribution is -2.42. The quantitative estimate of drug-likeness (QED) is 0.161. The van der Waals surface area contributed by atoms with Crippen molar-refractivity contribution in [2.45, 2.75) is 64.8 Å². The van der Waals surface area contributed by atoms with E-state index in [9.17, 15) is 19.2 Å². The highest BCUT2D eigenvalue weighted by Gasteiger charge is 2.37. The Labute approximate surface area is 224 Å². The van der Waals surface area contributed by atoms with Crippen LogP contribution in [0.25, 0.3) is 5.69 Å². The molecule has 1 heterocycles. The number of ether oxygens (including phenoxy) is 2. The van der Waals surface area contributed by atoms with E-state index in [1.54, 1.807) is 24.3 Å². The Morgan fingerprint density at radius 3 is 2.26 bits per heavy atom. The first-order valence-corrected chi connectivity index (χ1v) is 15.4. The van der Waals surface area contributed by atoms with E-state index in [4.69, 9.17) is 9.16 Å². The molecule has 38 heavy (non-hydrogen) atoms. The van der Waals surface area contributed by atoms with Crippen LogP contribution in [0.2, 0.25) is 18.1 Å². The Bertz CT molecular complexity index is 1110. The summed E-state index contributed by atoms with van der Waals surface area (Å²) in [4.78, 5) is 52.5. The molecule has 1 amide bonds. The number of aromatic nitrogens is 3. The van der Waals surface area contributed by atoms with E-state index in [-0.39, 0.29) is 23.9 Å². The van der Waals surface area contributed by atoms with Gasteiger partial charge in [-0.1, -0.05) is 32.9 Å². The summed E-state index contributed by atoms with van der Waals surface area (Å²) in [7, 11) is -0.865. The van der Waals surface area contributed by atoms with Crippen molar-refractivity contribution < 1.29 is 33.1 Å². The standard InChI is InChI=1S/C26H38N4O7Si/c1-19(31)23(25(34)35-5)37-22(32)13-17-29(16-10-18-36-38(6,7)26(2,3)4)24(33)20-11-8-9-12-21(20)30-27-14-15-28-30/h8-9,11-12,14-15,23H,10,13,16-18H2,1-7H3. The third-order valence-electron chi connectivity index (χ3n) is 6.52.